The van der Waals surface area contributed by atoms with Gasteiger partial charge in [-0.15, -0.1) is 0 Å². The van der Waals surface area contributed by atoms with Crippen LogP contribution in [0, 0.1) is 11.3 Å². The zero-order valence-corrected chi connectivity index (χ0v) is 9.74. The van der Waals surface area contributed by atoms with E-state index in [1.165, 1.54) is 22.9 Å². The lowest BCUT2D eigenvalue weighted by Gasteiger charge is -2.14. The maximum Gasteiger partial charge on any atom is 0.0669 e. The molecule has 2 aromatic rings. The molecule has 0 bridgehead atoms. The first-order valence-corrected chi connectivity index (χ1v) is 5.97. The van der Waals surface area contributed by atoms with Gasteiger partial charge in [-0.3, -0.25) is 0 Å². The zero-order chi connectivity index (χ0) is 11.8. The monoisotopic (exact) mass is 222 g/mol. The minimum atomic E-state index is 0.406. The Labute approximate surface area is 101 Å². The Bertz CT molecular complexity index is 641. The Morgan fingerprint density at radius 1 is 1.47 bits per heavy atom. The Balaban J connectivity index is 2.26. The van der Waals surface area contributed by atoms with Gasteiger partial charge in [-0.1, -0.05) is 24.8 Å². The number of hydrogen-bond acceptors (Lipinski definition) is 1. The third-order valence-electron chi connectivity index (χ3n) is 3.50. The average Bonchev–Trinajstić information content (AvgIpc) is 2.72. The summed E-state index contributed by atoms with van der Waals surface area (Å²) in [5.74, 6) is 0. The molecule has 84 valence electrons. The molecular formula is C15H14N2. The van der Waals surface area contributed by atoms with E-state index in [-0.39, 0.29) is 0 Å². The molecule has 0 unspecified atom stereocenters. The van der Waals surface area contributed by atoms with Gasteiger partial charge in [0, 0.05) is 23.7 Å². The molecule has 1 aromatic carbocycles. The van der Waals surface area contributed by atoms with Crippen LogP contribution in [0.2, 0.25) is 0 Å². The molecule has 2 heterocycles. The third-order valence-corrected chi connectivity index (χ3v) is 3.50. The maximum atomic E-state index is 8.78. The highest BCUT2D eigenvalue weighted by Crippen LogP contribution is 2.33. The van der Waals surface area contributed by atoms with Crippen molar-refractivity contribution in [1.82, 2.24) is 4.57 Å². The predicted molar refractivity (Wildman–Crippen MR) is 69.5 cm³/mol. The van der Waals surface area contributed by atoms with Crippen LogP contribution in [0.5, 0.6) is 0 Å². The van der Waals surface area contributed by atoms with Crippen molar-refractivity contribution in [3.63, 3.8) is 0 Å². The van der Waals surface area contributed by atoms with Gasteiger partial charge in [0.05, 0.1) is 18.0 Å². The maximum absolute atomic E-state index is 8.78. The van der Waals surface area contributed by atoms with E-state index in [0.29, 0.717) is 6.42 Å². The molecule has 3 rings (SSSR count). The molecule has 2 nitrogen and oxygen atoms in total. The molecule has 1 aliphatic rings. The van der Waals surface area contributed by atoms with E-state index in [2.05, 4.69) is 41.6 Å². The Hall–Kier alpha value is -2.01. The number of aryl methyl sites for hydroxylation is 2. The fourth-order valence-corrected chi connectivity index (χ4v) is 2.73. The van der Waals surface area contributed by atoms with Gasteiger partial charge in [0.15, 0.2) is 0 Å². The van der Waals surface area contributed by atoms with Crippen LogP contribution in [0.25, 0.3) is 16.5 Å². The number of para-hydroxylation sites is 1. The molecule has 17 heavy (non-hydrogen) atoms. The van der Waals surface area contributed by atoms with Crippen LogP contribution in [0.1, 0.15) is 24.0 Å². The molecule has 0 amide bonds. The molecule has 2 heteroatoms. The topological polar surface area (TPSA) is 28.7 Å². The molecule has 1 aromatic heterocycles. The smallest absolute Gasteiger partial charge is 0.0669 e. The lowest BCUT2D eigenvalue weighted by atomic mass is 10.00. The van der Waals surface area contributed by atoms with Crippen LogP contribution < -0.4 is 0 Å². The van der Waals surface area contributed by atoms with E-state index in [0.717, 1.165) is 24.1 Å². The SMILES string of the molecule is C=C(CC#N)c1cn2c3c(cccc13)CCC2. The molecule has 0 atom stereocenters. The van der Waals surface area contributed by atoms with Crippen LogP contribution in [0.15, 0.2) is 31.0 Å². The van der Waals surface area contributed by atoms with Crippen LogP contribution >= 0.6 is 0 Å². The summed E-state index contributed by atoms with van der Waals surface area (Å²) in [6.07, 6.45) is 4.92. The fraction of sp³-hybridized carbons (Fsp3) is 0.267. The first kappa shape index (κ1) is 10.2. The molecule has 0 aliphatic carbocycles. The van der Waals surface area contributed by atoms with Crippen molar-refractivity contribution >= 4 is 16.5 Å². The van der Waals surface area contributed by atoms with Gasteiger partial charge in [0.1, 0.15) is 0 Å². The normalized spacial score (nSPS) is 13.6. The average molecular weight is 222 g/mol. The summed E-state index contributed by atoms with van der Waals surface area (Å²) in [5.41, 5.74) is 4.83. The molecule has 0 saturated heterocycles. The van der Waals surface area contributed by atoms with Crippen molar-refractivity contribution in [3.05, 3.63) is 42.1 Å². The molecular weight excluding hydrogens is 208 g/mol. The second-order valence-electron chi connectivity index (χ2n) is 4.59. The summed E-state index contributed by atoms with van der Waals surface area (Å²) in [6, 6.07) is 8.63. The highest BCUT2D eigenvalue weighted by molar-refractivity contribution is 5.95. The van der Waals surface area contributed by atoms with Gasteiger partial charge in [-0.05, 0) is 24.0 Å². The third kappa shape index (κ3) is 1.47. The first-order valence-electron chi connectivity index (χ1n) is 5.97. The van der Waals surface area contributed by atoms with E-state index in [1.807, 2.05) is 0 Å². The Morgan fingerprint density at radius 2 is 2.35 bits per heavy atom. The van der Waals surface area contributed by atoms with Gasteiger partial charge in [0.2, 0.25) is 0 Å². The summed E-state index contributed by atoms with van der Waals surface area (Å²) < 4.78 is 2.31. The molecule has 0 saturated carbocycles. The number of rotatable bonds is 2. The lowest BCUT2D eigenvalue weighted by molar-refractivity contribution is 0.635. The second kappa shape index (κ2) is 3.78. The Morgan fingerprint density at radius 3 is 3.18 bits per heavy atom. The van der Waals surface area contributed by atoms with Crippen molar-refractivity contribution in [3.8, 4) is 6.07 Å². The molecule has 0 radical (unpaired) electrons. The van der Waals surface area contributed by atoms with Crippen LogP contribution in [-0.4, -0.2) is 4.57 Å². The lowest BCUT2D eigenvalue weighted by Crippen LogP contribution is -2.05. The van der Waals surface area contributed by atoms with Crippen LogP contribution in [-0.2, 0) is 13.0 Å². The summed E-state index contributed by atoms with van der Waals surface area (Å²) in [6.45, 7) is 5.10. The van der Waals surface area contributed by atoms with E-state index < -0.39 is 0 Å². The summed E-state index contributed by atoms with van der Waals surface area (Å²) in [4.78, 5) is 0. The van der Waals surface area contributed by atoms with E-state index in [4.69, 9.17) is 5.26 Å². The molecule has 1 aliphatic heterocycles. The second-order valence-corrected chi connectivity index (χ2v) is 4.59. The zero-order valence-electron chi connectivity index (χ0n) is 9.74. The highest BCUT2D eigenvalue weighted by Gasteiger charge is 2.16. The van der Waals surface area contributed by atoms with Crippen molar-refractivity contribution in [2.24, 2.45) is 0 Å². The minimum absolute atomic E-state index is 0.406. The van der Waals surface area contributed by atoms with Crippen molar-refractivity contribution in [2.45, 2.75) is 25.8 Å². The fourth-order valence-electron chi connectivity index (χ4n) is 2.73. The standard InChI is InChI=1S/C15H14N2/c1-11(7-8-16)14-10-17-9-3-5-12-4-2-6-13(14)15(12)17/h2,4,6,10H,1,3,5,7,9H2. The quantitative estimate of drug-likeness (QED) is 0.764. The van der Waals surface area contributed by atoms with Crippen molar-refractivity contribution < 1.29 is 0 Å². The largest absolute Gasteiger partial charge is 0.347 e. The van der Waals surface area contributed by atoms with Gasteiger partial charge in [-0.25, -0.2) is 0 Å². The van der Waals surface area contributed by atoms with E-state index in [9.17, 15) is 0 Å². The van der Waals surface area contributed by atoms with Gasteiger partial charge in [0.25, 0.3) is 0 Å². The van der Waals surface area contributed by atoms with Crippen LogP contribution in [0.4, 0.5) is 0 Å². The summed E-state index contributed by atoms with van der Waals surface area (Å²) in [5, 5.41) is 10.0. The molecule has 0 N–H and O–H groups in total. The van der Waals surface area contributed by atoms with Crippen LogP contribution in [0.3, 0.4) is 0 Å². The van der Waals surface area contributed by atoms with E-state index in [1.54, 1.807) is 0 Å². The summed E-state index contributed by atoms with van der Waals surface area (Å²) in [7, 11) is 0. The molecule has 0 fully saturated rings. The van der Waals surface area contributed by atoms with Crippen molar-refractivity contribution in [1.29, 1.82) is 5.26 Å². The number of nitrogens with zero attached hydrogens (tertiary/aromatic N) is 2. The predicted octanol–water partition coefficient (Wildman–Crippen LogP) is 3.51. The number of aromatic nitrogens is 1. The number of allylic oxidation sites excluding steroid dienone is 1. The number of nitriles is 1. The summed E-state index contributed by atoms with van der Waals surface area (Å²) >= 11 is 0. The number of benzene rings is 1. The van der Waals surface area contributed by atoms with Gasteiger partial charge in [-0.2, -0.15) is 5.26 Å². The minimum Gasteiger partial charge on any atom is -0.347 e. The van der Waals surface area contributed by atoms with Gasteiger partial charge >= 0.3 is 0 Å². The highest BCUT2D eigenvalue weighted by atomic mass is 15.0. The Kier molecular flexibility index (Phi) is 2.26. The van der Waals surface area contributed by atoms with E-state index >= 15 is 0 Å². The van der Waals surface area contributed by atoms with Crippen molar-refractivity contribution in [2.75, 3.05) is 0 Å². The van der Waals surface area contributed by atoms with Gasteiger partial charge < -0.3 is 4.57 Å². The molecule has 0 spiro atoms. The first-order chi connectivity index (χ1) is 8.31. The number of hydrogen-bond donors (Lipinski definition) is 0.